The summed E-state index contributed by atoms with van der Waals surface area (Å²) in [5.41, 5.74) is 0. The molecule has 0 saturated heterocycles. The van der Waals surface area contributed by atoms with E-state index in [0.717, 1.165) is 0 Å². The van der Waals surface area contributed by atoms with Crippen LogP contribution in [0.1, 0.15) is 0 Å². The molecule has 56 valence electrons. The second kappa shape index (κ2) is 2.64. The molecule has 0 bridgehead atoms. The molecule has 1 rings (SSSR count). The Hall–Kier alpha value is -0.480. The quantitative estimate of drug-likeness (QED) is 0.586. The maximum absolute atomic E-state index is 11.0. The fourth-order valence-electron chi connectivity index (χ4n) is 0.768. The summed E-state index contributed by atoms with van der Waals surface area (Å²) < 4.78 is 0. The van der Waals surface area contributed by atoms with Crippen LogP contribution in [0.25, 0.3) is 0 Å². The lowest BCUT2D eigenvalue weighted by Gasteiger charge is -2.12. The Morgan fingerprint density at radius 1 is 1.80 bits per heavy atom. The van der Waals surface area contributed by atoms with Gasteiger partial charge in [-0.2, -0.15) is 0 Å². The number of carbonyl (C=O) groups is 1. The Labute approximate surface area is 63.7 Å². The largest absolute Gasteiger partial charge is 0.370 e. The second-order valence-corrected chi connectivity index (χ2v) is 2.91. The molecule has 0 radical (unpaired) electrons. The van der Waals surface area contributed by atoms with Crippen molar-refractivity contribution in [2.75, 3.05) is 13.3 Å². The normalized spacial score (nSPS) is 25.5. The number of aliphatic hydroxyl groups is 1. The first-order valence-electron chi connectivity index (χ1n) is 2.88. The number of rotatable bonds is 1. The molecular formula is C6H9NO2S. The Morgan fingerprint density at radius 2 is 2.40 bits per heavy atom. The number of nitrogens with zero attached hydrogens (tertiary/aromatic N) is 1. The van der Waals surface area contributed by atoms with Crippen LogP contribution in [0, 0.1) is 0 Å². The lowest BCUT2D eigenvalue weighted by atomic mass is 10.5. The first kappa shape index (κ1) is 7.63. The van der Waals surface area contributed by atoms with Crippen LogP contribution in [-0.4, -0.2) is 35.4 Å². The van der Waals surface area contributed by atoms with Crippen molar-refractivity contribution in [3.8, 4) is 0 Å². The highest BCUT2D eigenvalue weighted by molar-refractivity contribution is 8.03. The van der Waals surface area contributed by atoms with E-state index in [-0.39, 0.29) is 5.91 Å². The zero-order valence-corrected chi connectivity index (χ0v) is 6.68. The third-order valence-electron chi connectivity index (χ3n) is 1.45. The van der Waals surface area contributed by atoms with Crippen molar-refractivity contribution in [3.63, 3.8) is 0 Å². The third kappa shape index (κ3) is 1.04. The van der Waals surface area contributed by atoms with Crippen LogP contribution in [0.4, 0.5) is 0 Å². The average Bonchev–Trinajstić information content (AvgIpc) is 2.17. The molecule has 1 N–H and O–H groups in total. The minimum Gasteiger partial charge on any atom is -0.370 e. The van der Waals surface area contributed by atoms with Gasteiger partial charge in [-0.05, 0) is 12.3 Å². The molecule has 0 fully saturated rings. The molecule has 1 heterocycles. The molecule has 10 heavy (non-hydrogen) atoms. The molecule has 0 aromatic carbocycles. The van der Waals surface area contributed by atoms with Crippen LogP contribution in [0.15, 0.2) is 11.0 Å². The molecule has 0 saturated carbocycles. The zero-order valence-electron chi connectivity index (χ0n) is 5.87. The summed E-state index contributed by atoms with van der Waals surface area (Å²) in [5, 5.41) is 9.09. The zero-order chi connectivity index (χ0) is 7.72. The van der Waals surface area contributed by atoms with Gasteiger partial charge in [-0.15, -0.1) is 11.8 Å². The van der Waals surface area contributed by atoms with Crippen LogP contribution >= 0.6 is 11.8 Å². The fraction of sp³-hybridized carbons (Fsp3) is 0.500. The van der Waals surface area contributed by atoms with Crippen LogP contribution in [0.3, 0.4) is 0 Å². The first-order valence-corrected chi connectivity index (χ1v) is 4.10. The van der Waals surface area contributed by atoms with E-state index >= 15 is 0 Å². The summed E-state index contributed by atoms with van der Waals surface area (Å²) in [6.45, 7) is 0. The van der Waals surface area contributed by atoms with Gasteiger partial charge in [0.2, 0.25) is 0 Å². The maximum atomic E-state index is 11.0. The van der Waals surface area contributed by atoms with E-state index in [9.17, 15) is 4.79 Å². The predicted octanol–water partition coefficient (Wildman–Crippen LogP) is 0.0237. The number of aliphatic hydroxyl groups excluding tert-OH is 1. The van der Waals surface area contributed by atoms with Crippen molar-refractivity contribution >= 4 is 17.7 Å². The highest BCUT2D eigenvalue weighted by atomic mass is 32.2. The summed E-state index contributed by atoms with van der Waals surface area (Å²) in [5.74, 6) is -0.0972. The highest BCUT2D eigenvalue weighted by Gasteiger charge is 2.26. The summed E-state index contributed by atoms with van der Waals surface area (Å²) >= 11 is 1.36. The maximum Gasteiger partial charge on any atom is 0.262 e. The molecular weight excluding hydrogens is 150 g/mol. The smallest absolute Gasteiger partial charge is 0.262 e. The summed E-state index contributed by atoms with van der Waals surface area (Å²) in [6, 6.07) is 0. The van der Waals surface area contributed by atoms with Gasteiger partial charge in [0, 0.05) is 7.05 Å². The van der Waals surface area contributed by atoms with Gasteiger partial charge in [0.1, 0.15) is 6.23 Å². The molecule has 0 aromatic rings. The van der Waals surface area contributed by atoms with E-state index in [1.165, 1.54) is 16.7 Å². The first-order chi connectivity index (χ1) is 4.66. The molecule has 0 spiro atoms. The monoisotopic (exact) mass is 159 g/mol. The van der Waals surface area contributed by atoms with Gasteiger partial charge in [0.05, 0.1) is 4.91 Å². The van der Waals surface area contributed by atoms with E-state index in [1.807, 2.05) is 6.26 Å². The van der Waals surface area contributed by atoms with Gasteiger partial charge in [-0.25, -0.2) is 0 Å². The van der Waals surface area contributed by atoms with E-state index in [0.29, 0.717) is 4.91 Å². The number of carbonyl (C=O) groups excluding carboxylic acids is 1. The molecule has 1 atom stereocenters. The minimum absolute atomic E-state index is 0.0972. The molecule has 1 amide bonds. The van der Waals surface area contributed by atoms with Crippen molar-refractivity contribution < 1.29 is 9.90 Å². The Kier molecular flexibility index (Phi) is 2.01. The van der Waals surface area contributed by atoms with Gasteiger partial charge in [-0.3, -0.25) is 4.79 Å². The molecule has 4 heteroatoms. The van der Waals surface area contributed by atoms with Gasteiger partial charge in [0.15, 0.2) is 0 Å². The van der Waals surface area contributed by atoms with Crippen molar-refractivity contribution in [3.05, 3.63) is 11.0 Å². The van der Waals surface area contributed by atoms with Crippen LogP contribution in [0.5, 0.6) is 0 Å². The average molecular weight is 159 g/mol. The van der Waals surface area contributed by atoms with E-state index in [4.69, 9.17) is 5.11 Å². The summed E-state index contributed by atoms with van der Waals surface area (Å²) in [7, 11) is 1.58. The number of likely N-dealkylation sites (N-methyl/N-ethyl adjacent to an activating group) is 1. The Balaban J connectivity index is 2.78. The Morgan fingerprint density at radius 3 is 2.60 bits per heavy atom. The lowest BCUT2D eigenvalue weighted by Crippen LogP contribution is -2.29. The van der Waals surface area contributed by atoms with E-state index in [1.54, 1.807) is 13.1 Å². The van der Waals surface area contributed by atoms with Gasteiger partial charge in [-0.1, -0.05) is 0 Å². The molecule has 1 aliphatic rings. The molecule has 3 nitrogen and oxygen atoms in total. The molecule has 0 aromatic heterocycles. The Bertz CT molecular complexity index is 190. The van der Waals surface area contributed by atoms with Crippen molar-refractivity contribution in [2.24, 2.45) is 0 Å². The predicted molar refractivity (Wildman–Crippen MR) is 40.4 cm³/mol. The molecule has 1 aliphatic heterocycles. The van der Waals surface area contributed by atoms with Crippen molar-refractivity contribution in [2.45, 2.75) is 6.23 Å². The van der Waals surface area contributed by atoms with Gasteiger partial charge in [0.25, 0.3) is 5.91 Å². The van der Waals surface area contributed by atoms with Crippen molar-refractivity contribution in [1.29, 1.82) is 0 Å². The van der Waals surface area contributed by atoms with E-state index in [2.05, 4.69) is 0 Å². The fourth-order valence-corrected chi connectivity index (χ4v) is 1.34. The SMILES string of the molecule is CSC1=CC(O)N(C)C1=O. The second-order valence-electron chi connectivity index (χ2n) is 2.06. The van der Waals surface area contributed by atoms with Crippen LogP contribution in [-0.2, 0) is 4.79 Å². The van der Waals surface area contributed by atoms with E-state index < -0.39 is 6.23 Å². The summed E-state index contributed by atoms with van der Waals surface area (Å²) in [6.07, 6.45) is 2.64. The van der Waals surface area contributed by atoms with Gasteiger partial charge >= 0.3 is 0 Å². The van der Waals surface area contributed by atoms with Gasteiger partial charge < -0.3 is 10.0 Å². The molecule has 0 aliphatic carbocycles. The number of hydrogen-bond acceptors (Lipinski definition) is 3. The standard InChI is InChI=1S/C6H9NO2S/c1-7-5(8)3-4(10-2)6(7)9/h3,5,8H,1-2H3. The van der Waals surface area contributed by atoms with Crippen LogP contribution in [0.2, 0.25) is 0 Å². The number of hydrogen-bond donors (Lipinski definition) is 1. The van der Waals surface area contributed by atoms with Crippen LogP contribution < -0.4 is 0 Å². The summed E-state index contributed by atoms with van der Waals surface area (Å²) in [4.78, 5) is 12.9. The van der Waals surface area contributed by atoms with Crippen molar-refractivity contribution in [1.82, 2.24) is 4.90 Å². The third-order valence-corrected chi connectivity index (χ3v) is 2.20. The lowest BCUT2D eigenvalue weighted by molar-refractivity contribution is -0.129. The highest BCUT2D eigenvalue weighted by Crippen LogP contribution is 2.22. The molecule has 1 unspecified atom stereocenters. The minimum atomic E-state index is -0.727. The number of amides is 1. The number of thioether (sulfide) groups is 1. The topological polar surface area (TPSA) is 40.5 Å².